The van der Waals surface area contributed by atoms with E-state index in [1.54, 1.807) is 34.8 Å². The Morgan fingerprint density at radius 1 is 1.23 bits per heavy atom. The molecule has 0 saturated heterocycles. The van der Waals surface area contributed by atoms with Crippen LogP contribution in [0.15, 0.2) is 34.2 Å². The van der Waals surface area contributed by atoms with Crippen molar-refractivity contribution in [1.82, 2.24) is 9.55 Å². The predicted octanol–water partition coefficient (Wildman–Crippen LogP) is 4.37. The van der Waals surface area contributed by atoms with E-state index in [9.17, 15) is 4.79 Å². The lowest BCUT2D eigenvalue weighted by atomic mass is 9.97. The van der Waals surface area contributed by atoms with Crippen LogP contribution in [0.3, 0.4) is 0 Å². The van der Waals surface area contributed by atoms with E-state index in [4.69, 9.17) is 9.72 Å². The lowest BCUT2D eigenvalue weighted by Crippen LogP contribution is -2.22. The maximum atomic E-state index is 13.5. The summed E-state index contributed by atoms with van der Waals surface area (Å²) in [5.74, 6) is 0.769. The Hall–Kier alpha value is -1.63. The topological polar surface area (TPSA) is 44.1 Å². The molecule has 136 valence electrons. The van der Waals surface area contributed by atoms with Crippen LogP contribution in [0.4, 0.5) is 0 Å². The predicted molar refractivity (Wildman–Crippen MR) is 109 cm³/mol. The fourth-order valence-corrected chi connectivity index (χ4v) is 5.64. The van der Waals surface area contributed by atoms with Gasteiger partial charge in [-0.25, -0.2) is 4.98 Å². The Kier molecular flexibility index (Phi) is 5.16. The van der Waals surface area contributed by atoms with Gasteiger partial charge in [0.2, 0.25) is 0 Å². The van der Waals surface area contributed by atoms with Gasteiger partial charge in [0.15, 0.2) is 5.16 Å². The van der Waals surface area contributed by atoms with E-state index in [1.165, 1.54) is 22.4 Å². The molecule has 0 fully saturated rings. The molecule has 4 rings (SSSR count). The average molecular weight is 387 g/mol. The normalized spacial score (nSPS) is 13.9. The molecule has 3 aromatic rings. The maximum Gasteiger partial charge on any atom is 0.267 e. The van der Waals surface area contributed by atoms with Crippen LogP contribution in [0, 0.1) is 6.92 Å². The number of nitrogens with zero attached hydrogens (tertiary/aromatic N) is 2. The van der Waals surface area contributed by atoms with E-state index in [-0.39, 0.29) is 5.56 Å². The van der Waals surface area contributed by atoms with E-state index >= 15 is 0 Å². The number of fused-ring (bicyclic) bond motifs is 3. The van der Waals surface area contributed by atoms with Gasteiger partial charge in [0.25, 0.3) is 5.56 Å². The first-order chi connectivity index (χ1) is 12.7. The van der Waals surface area contributed by atoms with Crippen molar-refractivity contribution in [2.75, 3.05) is 19.5 Å². The van der Waals surface area contributed by atoms with E-state index in [1.807, 2.05) is 24.3 Å². The Bertz CT molecular complexity index is 990. The molecule has 4 nitrogen and oxygen atoms in total. The van der Waals surface area contributed by atoms with Crippen LogP contribution in [0.2, 0.25) is 0 Å². The van der Waals surface area contributed by atoms with Crippen LogP contribution in [0.1, 0.15) is 28.8 Å². The molecular formula is C20H22N2O2S2. The van der Waals surface area contributed by atoms with Gasteiger partial charge in [-0.3, -0.25) is 9.36 Å². The summed E-state index contributed by atoms with van der Waals surface area (Å²) >= 11 is 3.28. The van der Waals surface area contributed by atoms with Crippen molar-refractivity contribution < 1.29 is 4.74 Å². The van der Waals surface area contributed by atoms with Gasteiger partial charge in [0.1, 0.15) is 4.83 Å². The zero-order valence-electron chi connectivity index (χ0n) is 15.1. The Labute approximate surface area is 161 Å². The zero-order valence-corrected chi connectivity index (χ0v) is 16.7. The van der Waals surface area contributed by atoms with Gasteiger partial charge in [-0.2, -0.15) is 0 Å². The fraction of sp³-hybridized carbons (Fsp3) is 0.400. The molecule has 0 bridgehead atoms. The quantitative estimate of drug-likeness (QED) is 0.371. The number of hydrogen-bond donors (Lipinski definition) is 0. The molecule has 2 aromatic heterocycles. The molecule has 0 unspecified atom stereocenters. The van der Waals surface area contributed by atoms with Gasteiger partial charge < -0.3 is 4.74 Å². The molecule has 1 aliphatic carbocycles. The summed E-state index contributed by atoms with van der Waals surface area (Å²) in [5.41, 5.74) is 3.37. The minimum Gasteiger partial charge on any atom is -0.384 e. The van der Waals surface area contributed by atoms with Crippen LogP contribution in [0.5, 0.6) is 0 Å². The SMILES string of the molecule is COCCSc1nc2sc3c(c2c(=O)n1-c1ccc(C)cc1)CCCC3. The second-order valence-corrected chi connectivity index (χ2v) is 8.75. The highest BCUT2D eigenvalue weighted by molar-refractivity contribution is 7.99. The van der Waals surface area contributed by atoms with Gasteiger partial charge in [-0.15, -0.1) is 11.3 Å². The van der Waals surface area contributed by atoms with Crippen molar-refractivity contribution >= 4 is 33.3 Å². The number of thiophene rings is 1. The van der Waals surface area contributed by atoms with Crippen molar-refractivity contribution in [2.24, 2.45) is 0 Å². The minimum atomic E-state index is 0.0677. The Morgan fingerprint density at radius 3 is 2.77 bits per heavy atom. The smallest absolute Gasteiger partial charge is 0.267 e. The van der Waals surface area contributed by atoms with Gasteiger partial charge >= 0.3 is 0 Å². The molecule has 0 spiro atoms. The van der Waals surface area contributed by atoms with Crippen LogP contribution in [0.25, 0.3) is 15.9 Å². The largest absolute Gasteiger partial charge is 0.384 e. The monoisotopic (exact) mass is 386 g/mol. The second kappa shape index (κ2) is 7.55. The summed E-state index contributed by atoms with van der Waals surface area (Å²) in [6.45, 7) is 2.69. The van der Waals surface area contributed by atoms with Crippen LogP contribution >= 0.6 is 23.1 Å². The number of hydrogen-bond acceptors (Lipinski definition) is 5. The molecule has 1 aromatic carbocycles. The highest BCUT2D eigenvalue weighted by atomic mass is 32.2. The van der Waals surface area contributed by atoms with E-state index in [0.717, 1.165) is 46.1 Å². The Morgan fingerprint density at radius 2 is 2.00 bits per heavy atom. The number of benzene rings is 1. The molecule has 0 atom stereocenters. The summed E-state index contributed by atoms with van der Waals surface area (Å²) in [7, 11) is 1.69. The first-order valence-corrected chi connectivity index (χ1v) is 10.8. The maximum absolute atomic E-state index is 13.5. The highest BCUT2D eigenvalue weighted by Crippen LogP contribution is 2.35. The van der Waals surface area contributed by atoms with Gasteiger partial charge in [0.05, 0.1) is 17.7 Å². The van der Waals surface area contributed by atoms with Crippen LogP contribution in [-0.2, 0) is 17.6 Å². The van der Waals surface area contributed by atoms with Crippen LogP contribution < -0.4 is 5.56 Å². The number of thioether (sulfide) groups is 1. The first-order valence-electron chi connectivity index (χ1n) is 8.95. The molecule has 0 N–H and O–H groups in total. The minimum absolute atomic E-state index is 0.0677. The summed E-state index contributed by atoms with van der Waals surface area (Å²) < 4.78 is 6.96. The molecule has 0 radical (unpaired) electrons. The Balaban J connectivity index is 1.93. The van der Waals surface area contributed by atoms with Gasteiger partial charge in [-0.05, 0) is 50.3 Å². The average Bonchev–Trinajstić information content (AvgIpc) is 3.02. The number of aromatic nitrogens is 2. The van der Waals surface area contributed by atoms with Crippen molar-refractivity contribution in [3.63, 3.8) is 0 Å². The van der Waals surface area contributed by atoms with Gasteiger partial charge in [0, 0.05) is 17.7 Å². The fourth-order valence-electron chi connectivity index (χ4n) is 3.42. The molecule has 1 aliphatic rings. The third-order valence-corrected chi connectivity index (χ3v) is 6.86. The zero-order chi connectivity index (χ0) is 18.1. The van der Waals surface area contributed by atoms with Crippen molar-refractivity contribution in [3.8, 4) is 5.69 Å². The second-order valence-electron chi connectivity index (χ2n) is 6.60. The summed E-state index contributed by atoms with van der Waals surface area (Å²) in [6.07, 6.45) is 4.44. The van der Waals surface area contributed by atoms with Crippen molar-refractivity contribution in [3.05, 3.63) is 50.6 Å². The molecule has 2 heterocycles. The molecule has 0 saturated carbocycles. The number of aryl methyl sites for hydroxylation is 3. The van der Waals surface area contributed by atoms with Crippen molar-refractivity contribution in [2.45, 2.75) is 37.8 Å². The van der Waals surface area contributed by atoms with E-state index < -0.39 is 0 Å². The lowest BCUT2D eigenvalue weighted by Gasteiger charge is -2.13. The van der Waals surface area contributed by atoms with E-state index in [0.29, 0.717) is 6.61 Å². The summed E-state index contributed by atoms with van der Waals surface area (Å²) in [5, 5.41) is 1.59. The highest BCUT2D eigenvalue weighted by Gasteiger charge is 2.22. The number of ether oxygens (including phenoxy) is 1. The van der Waals surface area contributed by atoms with Crippen LogP contribution in [-0.4, -0.2) is 29.0 Å². The van der Waals surface area contributed by atoms with Gasteiger partial charge in [-0.1, -0.05) is 29.5 Å². The third kappa shape index (κ3) is 3.21. The molecule has 6 heteroatoms. The third-order valence-electron chi connectivity index (χ3n) is 4.77. The standard InChI is InChI=1S/C20H22N2O2S2/c1-13-7-9-14(10-8-13)22-19(23)17-15-5-3-4-6-16(15)26-18(17)21-20(22)25-12-11-24-2/h7-10H,3-6,11-12H2,1-2H3. The lowest BCUT2D eigenvalue weighted by molar-refractivity contribution is 0.218. The van der Waals surface area contributed by atoms with Crippen molar-refractivity contribution in [1.29, 1.82) is 0 Å². The van der Waals surface area contributed by atoms with E-state index in [2.05, 4.69) is 6.92 Å². The molecule has 0 amide bonds. The first kappa shape index (κ1) is 17.8. The molecular weight excluding hydrogens is 364 g/mol. The number of methoxy groups -OCH3 is 1. The summed E-state index contributed by atoms with van der Waals surface area (Å²) in [6, 6.07) is 8.09. The molecule has 0 aliphatic heterocycles. The number of rotatable bonds is 5. The summed E-state index contributed by atoms with van der Waals surface area (Å²) in [4.78, 5) is 20.6. The molecule has 26 heavy (non-hydrogen) atoms.